The van der Waals surface area contributed by atoms with Crippen molar-refractivity contribution in [3.05, 3.63) is 16.8 Å². The van der Waals surface area contributed by atoms with Crippen LogP contribution in [0.5, 0.6) is 0 Å². The molecule has 4 nitrogen and oxygen atoms in total. The lowest BCUT2D eigenvalue weighted by Gasteiger charge is -2.02. The SMILES string of the molecule is O=C(Nc1ccsc1)OCCO. The first-order valence-corrected chi connectivity index (χ1v) is 4.34. The van der Waals surface area contributed by atoms with Gasteiger partial charge in [-0.15, -0.1) is 0 Å². The molecule has 1 amide bonds. The van der Waals surface area contributed by atoms with Gasteiger partial charge in [-0.3, -0.25) is 5.32 Å². The topological polar surface area (TPSA) is 58.6 Å². The summed E-state index contributed by atoms with van der Waals surface area (Å²) < 4.78 is 4.57. The highest BCUT2D eigenvalue weighted by molar-refractivity contribution is 7.08. The van der Waals surface area contributed by atoms with Gasteiger partial charge in [-0.05, 0) is 11.4 Å². The monoisotopic (exact) mass is 187 g/mol. The zero-order valence-electron chi connectivity index (χ0n) is 6.32. The first-order valence-electron chi connectivity index (χ1n) is 3.40. The Morgan fingerprint density at radius 3 is 3.17 bits per heavy atom. The number of carbonyl (C=O) groups is 1. The lowest BCUT2D eigenvalue weighted by Crippen LogP contribution is -2.15. The lowest BCUT2D eigenvalue weighted by atomic mass is 10.5. The van der Waals surface area contributed by atoms with Crippen LogP contribution in [0.1, 0.15) is 0 Å². The Labute approximate surface area is 73.8 Å². The zero-order valence-corrected chi connectivity index (χ0v) is 7.13. The highest BCUT2D eigenvalue weighted by Gasteiger charge is 2.01. The molecular formula is C7H9NO3S. The summed E-state index contributed by atoms with van der Waals surface area (Å²) in [6, 6.07) is 1.77. The zero-order chi connectivity index (χ0) is 8.81. The molecule has 0 aliphatic carbocycles. The van der Waals surface area contributed by atoms with Gasteiger partial charge in [0.2, 0.25) is 0 Å². The van der Waals surface area contributed by atoms with Crippen molar-refractivity contribution in [3.8, 4) is 0 Å². The Bertz CT molecular complexity index is 235. The van der Waals surface area contributed by atoms with Gasteiger partial charge in [0.05, 0.1) is 12.3 Å². The normalized spacial score (nSPS) is 9.42. The van der Waals surface area contributed by atoms with Crippen molar-refractivity contribution >= 4 is 23.1 Å². The second-order valence-electron chi connectivity index (χ2n) is 2.00. The van der Waals surface area contributed by atoms with Gasteiger partial charge in [0.15, 0.2) is 0 Å². The first-order chi connectivity index (χ1) is 5.83. The van der Waals surface area contributed by atoms with Crippen LogP contribution < -0.4 is 5.32 Å². The largest absolute Gasteiger partial charge is 0.447 e. The Kier molecular flexibility index (Phi) is 3.56. The van der Waals surface area contributed by atoms with Crippen molar-refractivity contribution in [2.75, 3.05) is 18.5 Å². The molecular weight excluding hydrogens is 178 g/mol. The quantitative estimate of drug-likeness (QED) is 0.749. The maximum absolute atomic E-state index is 10.8. The summed E-state index contributed by atoms with van der Waals surface area (Å²) in [5.41, 5.74) is 0.711. The predicted molar refractivity (Wildman–Crippen MR) is 46.4 cm³/mol. The summed E-state index contributed by atoms with van der Waals surface area (Å²) in [5, 5.41) is 14.5. The predicted octanol–water partition coefficient (Wildman–Crippen LogP) is 1.29. The molecule has 1 aromatic rings. The first kappa shape index (κ1) is 9.02. The number of hydrogen-bond donors (Lipinski definition) is 2. The van der Waals surface area contributed by atoms with Gasteiger partial charge in [-0.25, -0.2) is 4.79 Å². The molecule has 0 saturated carbocycles. The van der Waals surface area contributed by atoms with Crippen LogP contribution in [-0.4, -0.2) is 24.4 Å². The highest BCUT2D eigenvalue weighted by atomic mass is 32.1. The molecule has 1 rings (SSSR count). The Morgan fingerprint density at radius 2 is 2.58 bits per heavy atom. The van der Waals surface area contributed by atoms with Gasteiger partial charge >= 0.3 is 6.09 Å². The van der Waals surface area contributed by atoms with Gasteiger partial charge in [0, 0.05) is 5.38 Å². The summed E-state index contributed by atoms with van der Waals surface area (Å²) in [7, 11) is 0. The fraction of sp³-hybridized carbons (Fsp3) is 0.286. The molecule has 12 heavy (non-hydrogen) atoms. The summed E-state index contributed by atoms with van der Waals surface area (Å²) in [6.07, 6.45) is -0.539. The van der Waals surface area contributed by atoms with Gasteiger partial charge in [-0.2, -0.15) is 11.3 Å². The molecule has 0 radical (unpaired) electrons. The Hall–Kier alpha value is -1.07. The van der Waals surface area contributed by atoms with Crippen molar-refractivity contribution < 1.29 is 14.6 Å². The van der Waals surface area contributed by atoms with Crippen molar-refractivity contribution in [2.24, 2.45) is 0 Å². The second kappa shape index (κ2) is 4.74. The summed E-state index contributed by atoms with van der Waals surface area (Å²) >= 11 is 1.49. The molecule has 5 heteroatoms. The number of rotatable bonds is 3. The van der Waals surface area contributed by atoms with Crippen molar-refractivity contribution in [1.82, 2.24) is 0 Å². The number of hydrogen-bond acceptors (Lipinski definition) is 4. The number of aliphatic hydroxyl groups excluding tert-OH is 1. The Balaban J connectivity index is 2.27. The van der Waals surface area contributed by atoms with E-state index in [-0.39, 0.29) is 13.2 Å². The number of amides is 1. The van der Waals surface area contributed by atoms with Crippen LogP contribution in [0, 0.1) is 0 Å². The molecule has 2 N–H and O–H groups in total. The molecule has 0 fully saturated rings. The smallest absolute Gasteiger partial charge is 0.411 e. The van der Waals surface area contributed by atoms with E-state index < -0.39 is 6.09 Å². The van der Waals surface area contributed by atoms with Crippen LogP contribution in [0.15, 0.2) is 16.8 Å². The third-order valence-corrected chi connectivity index (χ3v) is 1.78. The molecule has 0 atom stereocenters. The van der Waals surface area contributed by atoms with Crippen molar-refractivity contribution in [2.45, 2.75) is 0 Å². The highest BCUT2D eigenvalue weighted by Crippen LogP contribution is 2.11. The second-order valence-corrected chi connectivity index (χ2v) is 2.78. The van der Waals surface area contributed by atoms with E-state index >= 15 is 0 Å². The van der Waals surface area contributed by atoms with E-state index in [1.54, 1.807) is 11.4 Å². The van der Waals surface area contributed by atoms with Crippen LogP contribution in [0.25, 0.3) is 0 Å². The molecule has 0 aliphatic heterocycles. The molecule has 1 heterocycles. The molecule has 1 aromatic heterocycles. The molecule has 0 aliphatic rings. The lowest BCUT2D eigenvalue weighted by molar-refractivity contribution is 0.131. The average Bonchev–Trinajstić information content (AvgIpc) is 2.53. The third-order valence-electron chi connectivity index (χ3n) is 1.09. The van der Waals surface area contributed by atoms with Crippen molar-refractivity contribution in [1.29, 1.82) is 0 Å². The van der Waals surface area contributed by atoms with E-state index in [4.69, 9.17) is 5.11 Å². The van der Waals surface area contributed by atoms with Gasteiger partial charge in [-0.1, -0.05) is 0 Å². The van der Waals surface area contributed by atoms with Crippen LogP contribution in [0.2, 0.25) is 0 Å². The Morgan fingerprint density at radius 1 is 1.75 bits per heavy atom. The average molecular weight is 187 g/mol. The minimum absolute atomic E-state index is 0.0238. The molecule has 66 valence electrons. The number of ether oxygens (including phenoxy) is 1. The maximum Gasteiger partial charge on any atom is 0.411 e. The van der Waals surface area contributed by atoms with Gasteiger partial charge in [0.1, 0.15) is 6.61 Å². The van der Waals surface area contributed by atoms with Crippen LogP contribution in [0.4, 0.5) is 10.5 Å². The minimum atomic E-state index is -0.539. The molecule has 0 saturated heterocycles. The number of anilines is 1. The fourth-order valence-corrected chi connectivity index (χ4v) is 1.22. The summed E-state index contributed by atoms with van der Waals surface area (Å²) in [6.45, 7) is -0.132. The number of thiophene rings is 1. The van der Waals surface area contributed by atoms with Crippen molar-refractivity contribution in [3.63, 3.8) is 0 Å². The number of aliphatic hydroxyl groups is 1. The molecule has 0 bridgehead atoms. The van der Waals surface area contributed by atoms with Gasteiger partial charge < -0.3 is 9.84 Å². The molecule has 0 spiro atoms. The third kappa shape index (κ3) is 2.89. The van der Waals surface area contributed by atoms with Crippen LogP contribution in [-0.2, 0) is 4.74 Å². The van der Waals surface area contributed by atoms with E-state index in [0.29, 0.717) is 5.69 Å². The standard InChI is InChI=1S/C7H9NO3S/c9-2-3-11-7(10)8-6-1-4-12-5-6/h1,4-5,9H,2-3H2,(H,8,10). The number of carbonyl (C=O) groups excluding carboxylic acids is 1. The number of nitrogens with one attached hydrogen (secondary N) is 1. The fourth-order valence-electron chi connectivity index (χ4n) is 0.628. The maximum atomic E-state index is 10.8. The minimum Gasteiger partial charge on any atom is -0.447 e. The molecule has 0 unspecified atom stereocenters. The van der Waals surface area contributed by atoms with E-state index in [1.807, 2.05) is 5.38 Å². The summed E-state index contributed by atoms with van der Waals surface area (Å²) in [5.74, 6) is 0. The van der Waals surface area contributed by atoms with E-state index in [0.717, 1.165) is 0 Å². The van der Waals surface area contributed by atoms with Gasteiger partial charge in [0.25, 0.3) is 0 Å². The molecule has 0 aromatic carbocycles. The van der Waals surface area contributed by atoms with E-state index in [9.17, 15) is 4.79 Å². The summed E-state index contributed by atoms with van der Waals surface area (Å²) in [4.78, 5) is 10.8. The van der Waals surface area contributed by atoms with E-state index in [1.165, 1.54) is 11.3 Å². The van der Waals surface area contributed by atoms with E-state index in [2.05, 4.69) is 10.1 Å². The van der Waals surface area contributed by atoms with Crippen LogP contribution in [0.3, 0.4) is 0 Å². The van der Waals surface area contributed by atoms with Crippen LogP contribution >= 0.6 is 11.3 Å².